The van der Waals surface area contributed by atoms with E-state index in [0.29, 0.717) is 16.8 Å². The average molecular weight is 389 g/mol. The highest BCUT2D eigenvalue weighted by Crippen LogP contribution is 2.15. The molecule has 0 bridgehead atoms. The van der Waals surface area contributed by atoms with Gasteiger partial charge in [0.05, 0.1) is 13.1 Å². The Morgan fingerprint density at radius 1 is 1.04 bits per heavy atom. The first-order chi connectivity index (χ1) is 13.0. The van der Waals surface area contributed by atoms with Gasteiger partial charge >= 0.3 is 0 Å². The van der Waals surface area contributed by atoms with E-state index < -0.39 is 0 Å². The molecule has 2 aromatic carbocycles. The van der Waals surface area contributed by atoms with Crippen molar-refractivity contribution in [1.82, 2.24) is 5.32 Å². The molecule has 3 rings (SSSR count). The Hall–Kier alpha value is -2.02. The first kappa shape index (κ1) is 19.7. The van der Waals surface area contributed by atoms with Crippen molar-refractivity contribution < 1.29 is 14.2 Å². The van der Waals surface area contributed by atoms with Gasteiger partial charge in [0.15, 0.2) is 5.11 Å². The molecular formula is C21H29FN4S+2. The third-order valence-electron chi connectivity index (χ3n) is 5.29. The number of nitrogens with one attached hydrogen (secondary N) is 4. The fourth-order valence-corrected chi connectivity index (χ4v) is 4.17. The largest absolute Gasteiger partial charge is 0.354 e. The van der Waals surface area contributed by atoms with Crippen LogP contribution in [0, 0.1) is 5.82 Å². The van der Waals surface area contributed by atoms with Crippen LogP contribution in [0.2, 0.25) is 0 Å². The molecule has 0 aliphatic carbocycles. The Bertz CT molecular complexity index is 747. The highest BCUT2D eigenvalue weighted by Gasteiger charge is 2.33. The van der Waals surface area contributed by atoms with Gasteiger partial charge in [0.25, 0.3) is 0 Å². The second kappa shape index (κ2) is 9.26. The molecule has 1 aliphatic heterocycles. The van der Waals surface area contributed by atoms with Crippen molar-refractivity contribution in [3.8, 4) is 0 Å². The van der Waals surface area contributed by atoms with E-state index in [0.717, 1.165) is 13.1 Å². The highest BCUT2D eigenvalue weighted by molar-refractivity contribution is 7.80. The van der Waals surface area contributed by atoms with Crippen LogP contribution in [0.15, 0.2) is 54.6 Å². The molecule has 0 spiro atoms. The zero-order chi connectivity index (χ0) is 19.2. The molecule has 2 atom stereocenters. The third kappa shape index (κ3) is 5.48. The summed E-state index contributed by atoms with van der Waals surface area (Å²) in [4.78, 5) is 3.18. The number of likely N-dealkylation sites (N-methyl/N-ethyl adjacent to an activating group) is 1. The lowest BCUT2D eigenvalue weighted by Crippen LogP contribution is -3.27. The number of hydrogen-bond acceptors (Lipinski definition) is 1. The van der Waals surface area contributed by atoms with Gasteiger partial charge in [0.2, 0.25) is 0 Å². The molecule has 0 saturated carbocycles. The summed E-state index contributed by atoms with van der Waals surface area (Å²) in [6.45, 7) is 6.81. The second-order valence-electron chi connectivity index (χ2n) is 7.40. The molecule has 2 aromatic rings. The molecule has 4 nitrogen and oxygen atoms in total. The number of halogens is 1. The van der Waals surface area contributed by atoms with Crippen LogP contribution in [0.5, 0.6) is 0 Å². The van der Waals surface area contributed by atoms with E-state index in [1.165, 1.54) is 30.8 Å². The Labute approximate surface area is 166 Å². The molecule has 0 unspecified atom stereocenters. The number of thiocarbonyl (C=S) groups is 1. The SMILES string of the molecule is C[C@@H](NC(=S)Nc1cccc(F)c1)[C@H](c1ccccc1)[NH+]1CC[NH+](C)CC1. The van der Waals surface area contributed by atoms with Crippen LogP contribution in [0.4, 0.5) is 10.1 Å². The lowest BCUT2D eigenvalue weighted by atomic mass is 9.98. The summed E-state index contributed by atoms with van der Waals surface area (Å²) in [6.07, 6.45) is 0. The van der Waals surface area contributed by atoms with Crippen molar-refractivity contribution in [2.45, 2.75) is 19.0 Å². The summed E-state index contributed by atoms with van der Waals surface area (Å²) >= 11 is 5.49. The topological polar surface area (TPSA) is 32.9 Å². The maximum absolute atomic E-state index is 13.4. The Balaban J connectivity index is 1.70. The zero-order valence-electron chi connectivity index (χ0n) is 16.0. The predicted molar refractivity (Wildman–Crippen MR) is 112 cm³/mol. The van der Waals surface area contributed by atoms with E-state index in [9.17, 15) is 4.39 Å². The maximum Gasteiger partial charge on any atom is 0.171 e. The molecular weight excluding hydrogens is 359 g/mol. The van der Waals surface area contributed by atoms with Gasteiger partial charge in [-0.05, 0) is 37.3 Å². The molecule has 4 N–H and O–H groups in total. The predicted octanol–water partition coefficient (Wildman–Crippen LogP) is 0.655. The fraction of sp³-hybridized carbons (Fsp3) is 0.381. The summed E-state index contributed by atoms with van der Waals surface area (Å²) in [6, 6.07) is 17.5. The lowest BCUT2D eigenvalue weighted by molar-refractivity contribution is -1.02. The van der Waals surface area contributed by atoms with Gasteiger partial charge in [-0.2, -0.15) is 0 Å². The van der Waals surface area contributed by atoms with E-state index in [1.807, 2.05) is 6.07 Å². The van der Waals surface area contributed by atoms with E-state index >= 15 is 0 Å². The van der Waals surface area contributed by atoms with Crippen molar-refractivity contribution in [2.75, 3.05) is 38.5 Å². The normalized spacial score (nSPS) is 21.9. The Kier molecular flexibility index (Phi) is 6.77. The van der Waals surface area contributed by atoms with Gasteiger partial charge < -0.3 is 20.4 Å². The summed E-state index contributed by atoms with van der Waals surface area (Å²) < 4.78 is 13.4. The van der Waals surface area contributed by atoms with E-state index in [1.54, 1.807) is 15.9 Å². The zero-order valence-corrected chi connectivity index (χ0v) is 16.8. The van der Waals surface area contributed by atoms with E-state index in [-0.39, 0.29) is 11.9 Å². The summed E-state index contributed by atoms with van der Waals surface area (Å²) in [5, 5.41) is 7.04. The van der Waals surface area contributed by atoms with Crippen LogP contribution < -0.4 is 20.4 Å². The first-order valence-electron chi connectivity index (χ1n) is 9.57. The van der Waals surface area contributed by atoms with Crippen LogP contribution in [0.25, 0.3) is 0 Å². The smallest absolute Gasteiger partial charge is 0.171 e. The molecule has 6 heteroatoms. The molecule has 1 saturated heterocycles. The van der Waals surface area contributed by atoms with Gasteiger partial charge in [-0.15, -0.1) is 0 Å². The summed E-state index contributed by atoms with van der Waals surface area (Å²) in [5.74, 6) is -0.276. The standard InChI is InChI=1S/C21H27FN4S/c1-16(23-21(27)24-19-10-6-9-18(22)15-19)20(17-7-4-3-5-8-17)26-13-11-25(2)12-14-26/h3-10,15-16,20H,11-14H2,1-2H3,(H2,23,24,27)/p+2/t16-,20-/m1/s1. The Morgan fingerprint density at radius 3 is 2.41 bits per heavy atom. The third-order valence-corrected chi connectivity index (χ3v) is 5.51. The number of anilines is 1. The molecule has 1 heterocycles. The number of quaternary nitrogens is 2. The van der Waals surface area contributed by atoms with E-state index in [4.69, 9.17) is 12.2 Å². The molecule has 0 radical (unpaired) electrons. The van der Waals surface area contributed by atoms with Gasteiger partial charge in [-0.3, -0.25) is 0 Å². The minimum atomic E-state index is -0.276. The van der Waals surface area contributed by atoms with Crippen LogP contribution in [-0.4, -0.2) is 44.4 Å². The summed E-state index contributed by atoms with van der Waals surface area (Å²) in [5.41, 5.74) is 1.98. The van der Waals surface area contributed by atoms with Crippen LogP contribution in [0.3, 0.4) is 0 Å². The molecule has 0 amide bonds. The quantitative estimate of drug-likeness (QED) is 0.568. The van der Waals surface area contributed by atoms with Gasteiger partial charge in [-0.25, -0.2) is 4.39 Å². The number of piperazine rings is 1. The van der Waals surface area contributed by atoms with Crippen molar-refractivity contribution in [1.29, 1.82) is 0 Å². The van der Waals surface area contributed by atoms with E-state index in [2.05, 4.69) is 54.9 Å². The maximum atomic E-state index is 13.4. The fourth-order valence-electron chi connectivity index (χ4n) is 3.87. The minimum Gasteiger partial charge on any atom is -0.354 e. The number of hydrogen-bond donors (Lipinski definition) is 4. The van der Waals surface area contributed by atoms with Crippen molar-refractivity contribution in [2.24, 2.45) is 0 Å². The lowest BCUT2D eigenvalue weighted by Gasteiger charge is -2.37. The molecule has 27 heavy (non-hydrogen) atoms. The molecule has 1 aliphatic rings. The average Bonchev–Trinajstić information content (AvgIpc) is 2.64. The minimum absolute atomic E-state index is 0.148. The number of rotatable bonds is 5. The van der Waals surface area contributed by atoms with Crippen LogP contribution >= 0.6 is 12.2 Å². The molecule has 0 aromatic heterocycles. The second-order valence-corrected chi connectivity index (χ2v) is 7.81. The van der Waals surface area contributed by atoms with Crippen molar-refractivity contribution in [3.05, 3.63) is 66.0 Å². The highest BCUT2D eigenvalue weighted by atomic mass is 32.1. The Morgan fingerprint density at radius 2 is 1.74 bits per heavy atom. The van der Waals surface area contributed by atoms with Crippen LogP contribution in [-0.2, 0) is 0 Å². The monoisotopic (exact) mass is 388 g/mol. The summed E-state index contributed by atoms with van der Waals surface area (Å²) in [7, 11) is 2.26. The van der Waals surface area contributed by atoms with Crippen molar-refractivity contribution >= 4 is 23.0 Å². The molecule has 144 valence electrons. The first-order valence-corrected chi connectivity index (χ1v) is 9.97. The van der Waals surface area contributed by atoms with Gasteiger partial charge in [-0.1, -0.05) is 36.4 Å². The molecule has 1 fully saturated rings. The number of benzene rings is 2. The van der Waals surface area contributed by atoms with Gasteiger partial charge in [0.1, 0.15) is 38.0 Å². The van der Waals surface area contributed by atoms with Gasteiger partial charge in [0, 0.05) is 11.3 Å². The van der Waals surface area contributed by atoms with Crippen molar-refractivity contribution in [3.63, 3.8) is 0 Å². The van der Waals surface area contributed by atoms with Crippen LogP contribution in [0.1, 0.15) is 18.5 Å².